The van der Waals surface area contributed by atoms with Crippen LogP contribution in [-0.2, 0) is 0 Å². The highest BCUT2D eigenvalue weighted by molar-refractivity contribution is 14.1. The number of hydrogen-bond acceptors (Lipinski definition) is 3. The number of rotatable bonds is 2. The first-order valence-electron chi connectivity index (χ1n) is 5.81. The van der Waals surface area contributed by atoms with Gasteiger partial charge in [-0.05, 0) is 59.0 Å². The maximum Gasteiger partial charge on any atom is 0.0735 e. The molecule has 3 rings (SSSR count). The number of pyridine rings is 3. The zero-order chi connectivity index (χ0) is 13.1. The molecule has 3 heterocycles. The Hall–Kier alpha value is -1.82. The molecule has 0 radical (unpaired) electrons. The Morgan fingerprint density at radius 3 is 1.74 bits per heavy atom. The third-order valence-corrected chi connectivity index (χ3v) is 3.33. The van der Waals surface area contributed by atoms with Crippen molar-refractivity contribution in [2.24, 2.45) is 0 Å². The Balaban J connectivity index is 2.12. The van der Waals surface area contributed by atoms with Crippen LogP contribution in [-0.4, -0.2) is 15.0 Å². The van der Waals surface area contributed by atoms with E-state index in [4.69, 9.17) is 0 Å². The fourth-order valence-electron chi connectivity index (χ4n) is 1.82. The van der Waals surface area contributed by atoms with Gasteiger partial charge in [0, 0.05) is 39.5 Å². The van der Waals surface area contributed by atoms with Crippen LogP contribution in [0.15, 0.2) is 61.2 Å². The Bertz CT molecular complexity index is 627. The van der Waals surface area contributed by atoms with Crippen molar-refractivity contribution in [3.63, 3.8) is 0 Å². The van der Waals surface area contributed by atoms with E-state index in [-0.39, 0.29) is 0 Å². The Labute approximate surface area is 124 Å². The summed E-state index contributed by atoms with van der Waals surface area (Å²) in [7, 11) is 0. The highest BCUT2D eigenvalue weighted by Crippen LogP contribution is 2.24. The van der Waals surface area contributed by atoms with E-state index < -0.39 is 0 Å². The highest BCUT2D eigenvalue weighted by atomic mass is 127. The lowest BCUT2D eigenvalue weighted by atomic mass is 10.1. The third kappa shape index (κ3) is 2.78. The van der Waals surface area contributed by atoms with Crippen molar-refractivity contribution >= 4 is 22.6 Å². The van der Waals surface area contributed by atoms with Gasteiger partial charge in [0.2, 0.25) is 0 Å². The zero-order valence-electron chi connectivity index (χ0n) is 9.99. The maximum absolute atomic E-state index is 4.69. The predicted octanol–water partition coefficient (Wildman–Crippen LogP) is 3.81. The first-order chi connectivity index (χ1) is 9.33. The van der Waals surface area contributed by atoms with Crippen LogP contribution in [0, 0.1) is 3.57 Å². The SMILES string of the molecule is Ic1cc(-c2cccnc2)nc(-c2cccnc2)c1. The number of hydrogen-bond donors (Lipinski definition) is 0. The highest BCUT2D eigenvalue weighted by Gasteiger charge is 2.05. The average molecular weight is 359 g/mol. The summed E-state index contributed by atoms with van der Waals surface area (Å²) < 4.78 is 1.14. The van der Waals surface area contributed by atoms with E-state index in [2.05, 4.69) is 49.7 Å². The molecule has 3 nitrogen and oxygen atoms in total. The van der Waals surface area contributed by atoms with Crippen LogP contribution in [0.25, 0.3) is 22.5 Å². The minimum absolute atomic E-state index is 0.929. The van der Waals surface area contributed by atoms with Crippen molar-refractivity contribution in [2.75, 3.05) is 0 Å². The lowest BCUT2D eigenvalue weighted by Gasteiger charge is -2.06. The van der Waals surface area contributed by atoms with E-state index in [9.17, 15) is 0 Å². The van der Waals surface area contributed by atoms with Crippen LogP contribution in [0.3, 0.4) is 0 Å². The Morgan fingerprint density at radius 1 is 0.789 bits per heavy atom. The largest absolute Gasteiger partial charge is 0.264 e. The predicted molar refractivity (Wildman–Crippen MR) is 83.4 cm³/mol. The molecule has 0 aromatic carbocycles. The van der Waals surface area contributed by atoms with Crippen LogP contribution < -0.4 is 0 Å². The van der Waals surface area contributed by atoms with Crippen molar-refractivity contribution in [1.82, 2.24) is 15.0 Å². The molecular formula is C15H10IN3. The summed E-state index contributed by atoms with van der Waals surface area (Å²) >= 11 is 2.30. The second kappa shape index (κ2) is 5.44. The molecular weight excluding hydrogens is 349 g/mol. The standard InChI is InChI=1S/C15H10IN3/c16-13-7-14(11-3-1-5-17-9-11)19-15(8-13)12-4-2-6-18-10-12/h1-10H. The number of nitrogens with zero attached hydrogens (tertiary/aromatic N) is 3. The summed E-state index contributed by atoms with van der Waals surface area (Å²) in [6, 6.07) is 12.0. The molecule has 0 fully saturated rings. The van der Waals surface area contributed by atoms with Gasteiger partial charge < -0.3 is 0 Å². The maximum atomic E-state index is 4.69. The van der Waals surface area contributed by atoms with Gasteiger partial charge in [-0.2, -0.15) is 0 Å². The minimum Gasteiger partial charge on any atom is -0.264 e. The van der Waals surface area contributed by atoms with Crippen molar-refractivity contribution in [2.45, 2.75) is 0 Å². The van der Waals surface area contributed by atoms with Gasteiger partial charge >= 0.3 is 0 Å². The van der Waals surface area contributed by atoms with Crippen molar-refractivity contribution in [3.8, 4) is 22.5 Å². The summed E-state index contributed by atoms with van der Waals surface area (Å²) in [4.78, 5) is 13.0. The van der Waals surface area contributed by atoms with Crippen LogP contribution >= 0.6 is 22.6 Å². The lowest BCUT2D eigenvalue weighted by Crippen LogP contribution is -1.91. The van der Waals surface area contributed by atoms with Gasteiger partial charge in [0.05, 0.1) is 11.4 Å². The quantitative estimate of drug-likeness (QED) is 0.654. The molecule has 0 aliphatic rings. The molecule has 0 bridgehead atoms. The smallest absolute Gasteiger partial charge is 0.0735 e. The van der Waals surface area contributed by atoms with Crippen molar-refractivity contribution in [1.29, 1.82) is 0 Å². The van der Waals surface area contributed by atoms with E-state index in [1.54, 1.807) is 12.4 Å². The Kier molecular flexibility index (Phi) is 3.50. The summed E-state index contributed by atoms with van der Waals surface area (Å²) in [5.41, 5.74) is 3.90. The molecule has 0 atom stereocenters. The molecule has 0 amide bonds. The van der Waals surface area contributed by atoms with E-state index in [0.717, 1.165) is 26.1 Å². The molecule has 0 unspecified atom stereocenters. The molecule has 0 saturated heterocycles. The number of halogens is 1. The second-order valence-corrected chi connectivity index (χ2v) is 5.28. The van der Waals surface area contributed by atoms with Crippen LogP contribution in [0.5, 0.6) is 0 Å². The third-order valence-electron chi connectivity index (χ3n) is 2.70. The van der Waals surface area contributed by atoms with Crippen LogP contribution in [0.4, 0.5) is 0 Å². The van der Waals surface area contributed by atoms with E-state index in [1.807, 2.05) is 36.7 Å². The van der Waals surface area contributed by atoms with Crippen molar-refractivity contribution in [3.05, 3.63) is 64.8 Å². The summed E-state index contributed by atoms with van der Waals surface area (Å²) in [5.74, 6) is 0. The average Bonchev–Trinajstić information content (AvgIpc) is 2.48. The summed E-state index contributed by atoms with van der Waals surface area (Å²) in [6.45, 7) is 0. The van der Waals surface area contributed by atoms with E-state index >= 15 is 0 Å². The monoisotopic (exact) mass is 359 g/mol. The first-order valence-corrected chi connectivity index (χ1v) is 6.89. The molecule has 0 saturated carbocycles. The molecule has 3 aromatic rings. The minimum atomic E-state index is 0.929. The molecule has 0 N–H and O–H groups in total. The molecule has 0 spiro atoms. The fourth-order valence-corrected chi connectivity index (χ4v) is 2.41. The van der Waals surface area contributed by atoms with E-state index in [1.165, 1.54) is 0 Å². The molecule has 4 heteroatoms. The van der Waals surface area contributed by atoms with Gasteiger partial charge in [-0.3, -0.25) is 9.97 Å². The van der Waals surface area contributed by atoms with Gasteiger partial charge in [0.25, 0.3) is 0 Å². The summed E-state index contributed by atoms with van der Waals surface area (Å²) in [6.07, 6.45) is 7.18. The Morgan fingerprint density at radius 2 is 1.32 bits per heavy atom. The van der Waals surface area contributed by atoms with Crippen LogP contribution in [0.1, 0.15) is 0 Å². The fraction of sp³-hybridized carbons (Fsp3) is 0. The lowest BCUT2D eigenvalue weighted by molar-refractivity contribution is 1.25. The molecule has 92 valence electrons. The molecule has 19 heavy (non-hydrogen) atoms. The molecule has 3 aromatic heterocycles. The normalized spacial score (nSPS) is 10.4. The summed E-state index contributed by atoms with van der Waals surface area (Å²) in [5, 5.41) is 0. The zero-order valence-corrected chi connectivity index (χ0v) is 12.2. The van der Waals surface area contributed by atoms with Gasteiger partial charge in [-0.25, -0.2) is 4.98 Å². The molecule has 0 aliphatic carbocycles. The molecule has 0 aliphatic heterocycles. The first kappa shape index (κ1) is 12.2. The van der Waals surface area contributed by atoms with Crippen molar-refractivity contribution < 1.29 is 0 Å². The van der Waals surface area contributed by atoms with Gasteiger partial charge in [0.15, 0.2) is 0 Å². The van der Waals surface area contributed by atoms with Crippen LogP contribution in [0.2, 0.25) is 0 Å². The van der Waals surface area contributed by atoms with E-state index in [0.29, 0.717) is 0 Å². The van der Waals surface area contributed by atoms with Gasteiger partial charge in [0.1, 0.15) is 0 Å². The topological polar surface area (TPSA) is 38.7 Å². The second-order valence-electron chi connectivity index (χ2n) is 4.04. The van der Waals surface area contributed by atoms with Gasteiger partial charge in [-0.15, -0.1) is 0 Å². The van der Waals surface area contributed by atoms with Gasteiger partial charge in [-0.1, -0.05) is 0 Å². The number of aromatic nitrogens is 3.